The van der Waals surface area contributed by atoms with Gasteiger partial charge in [-0.15, -0.1) is 0 Å². The molecule has 0 saturated heterocycles. The van der Waals surface area contributed by atoms with Crippen LogP contribution in [0.5, 0.6) is 0 Å². The first-order valence-corrected chi connectivity index (χ1v) is 7.00. The number of hydrogen-bond acceptors (Lipinski definition) is 2. The normalized spacial score (nSPS) is 11.3. The molecule has 0 bridgehead atoms. The Morgan fingerprint density at radius 1 is 0.810 bits per heavy atom. The summed E-state index contributed by atoms with van der Waals surface area (Å²) in [7, 11) is 0. The molecule has 0 radical (unpaired) electrons. The smallest absolute Gasteiger partial charge is 0.135 e. The van der Waals surface area contributed by atoms with Crippen molar-refractivity contribution >= 4 is 27.6 Å². The standard InChI is InChI=1S/C19H15NO/c1-12-6-8-14(20)11-16(12)13-7-9-19-17(10-13)15-4-2-3-5-18(15)21-19/h2-11H,20H2,1H3. The lowest BCUT2D eigenvalue weighted by Crippen LogP contribution is -1.88. The molecule has 0 atom stereocenters. The van der Waals surface area contributed by atoms with E-state index in [0.717, 1.165) is 27.6 Å². The number of nitrogen functional groups attached to an aromatic ring is 1. The van der Waals surface area contributed by atoms with Crippen LogP contribution in [0.1, 0.15) is 5.56 Å². The molecule has 1 heterocycles. The van der Waals surface area contributed by atoms with Crippen LogP contribution in [-0.4, -0.2) is 0 Å². The molecule has 0 unspecified atom stereocenters. The minimum atomic E-state index is 0.785. The van der Waals surface area contributed by atoms with Gasteiger partial charge in [0.1, 0.15) is 11.2 Å². The van der Waals surface area contributed by atoms with Crippen molar-refractivity contribution < 1.29 is 4.42 Å². The van der Waals surface area contributed by atoms with Gasteiger partial charge in [-0.2, -0.15) is 0 Å². The van der Waals surface area contributed by atoms with Gasteiger partial charge in [0.2, 0.25) is 0 Å². The van der Waals surface area contributed by atoms with E-state index in [0.29, 0.717) is 0 Å². The fourth-order valence-electron chi connectivity index (χ4n) is 2.84. The molecule has 102 valence electrons. The Kier molecular flexibility index (Phi) is 2.51. The van der Waals surface area contributed by atoms with Crippen LogP contribution in [0, 0.1) is 6.92 Å². The third kappa shape index (κ3) is 1.88. The summed E-state index contributed by atoms with van der Waals surface area (Å²) in [4.78, 5) is 0. The Hall–Kier alpha value is -2.74. The molecule has 0 saturated carbocycles. The molecule has 1 aromatic heterocycles. The molecule has 3 aromatic carbocycles. The Morgan fingerprint density at radius 3 is 2.52 bits per heavy atom. The van der Waals surface area contributed by atoms with Gasteiger partial charge in [-0.05, 0) is 53.9 Å². The van der Waals surface area contributed by atoms with E-state index in [1.807, 2.05) is 36.4 Å². The van der Waals surface area contributed by atoms with Gasteiger partial charge in [0.05, 0.1) is 0 Å². The largest absolute Gasteiger partial charge is 0.456 e. The third-order valence-electron chi connectivity index (χ3n) is 3.95. The molecule has 2 heteroatoms. The van der Waals surface area contributed by atoms with E-state index in [1.165, 1.54) is 16.7 Å². The van der Waals surface area contributed by atoms with Gasteiger partial charge in [-0.3, -0.25) is 0 Å². The first-order valence-electron chi connectivity index (χ1n) is 7.00. The lowest BCUT2D eigenvalue weighted by atomic mass is 9.98. The van der Waals surface area contributed by atoms with E-state index in [1.54, 1.807) is 0 Å². The molecule has 21 heavy (non-hydrogen) atoms. The van der Waals surface area contributed by atoms with Gasteiger partial charge in [0.15, 0.2) is 0 Å². The van der Waals surface area contributed by atoms with Crippen LogP contribution in [0.4, 0.5) is 5.69 Å². The minimum absolute atomic E-state index is 0.785. The SMILES string of the molecule is Cc1ccc(N)cc1-c1ccc2oc3ccccc3c2c1. The fourth-order valence-corrected chi connectivity index (χ4v) is 2.84. The van der Waals surface area contributed by atoms with Gasteiger partial charge in [-0.1, -0.05) is 30.3 Å². The number of furan rings is 1. The van der Waals surface area contributed by atoms with Gasteiger partial charge >= 0.3 is 0 Å². The molecule has 2 N–H and O–H groups in total. The summed E-state index contributed by atoms with van der Waals surface area (Å²) in [5.41, 5.74) is 12.1. The number of aryl methyl sites for hydroxylation is 1. The predicted molar refractivity (Wildman–Crippen MR) is 88.3 cm³/mol. The number of benzene rings is 3. The average molecular weight is 273 g/mol. The monoisotopic (exact) mass is 273 g/mol. The summed E-state index contributed by atoms with van der Waals surface area (Å²) >= 11 is 0. The van der Waals surface area contributed by atoms with Crippen molar-refractivity contribution in [2.45, 2.75) is 6.92 Å². The number of anilines is 1. The number of fused-ring (bicyclic) bond motifs is 3. The zero-order valence-electron chi connectivity index (χ0n) is 11.8. The van der Waals surface area contributed by atoms with Crippen LogP contribution in [0.3, 0.4) is 0 Å². The Bertz CT molecular complexity index is 966. The van der Waals surface area contributed by atoms with Gasteiger partial charge in [-0.25, -0.2) is 0 Å². The van der Waals surface area contributed by atoms with Crippen molar-refractivity contribution in [1.82, 2.24) is 0 Å². The van der Waals surface area contributed by atoms with Crippen molar-refractivity contribution in [3.05, 3.63) is 66.2 Å². The molecular weight excluding hydrogens is 258 g/mol. The first kappa shape index (κ1) is 12.0. The molecular formula is C19H15NO. The molecule has 2 nitrogen and oxygen atoms in total. The van der Waals surface area contributed by atoms with Gasteiger partial charge in [0.25, 0.3) is 0 Å². The second-order valence-electron chi connectivity index (χ2n) is 5.38. The summed E-state index contributed by atoms with van der Waals surface area (Å²) in [6, 6.07) is 20.5. The van der Waals surface area contributed by atoms with Crippen LogP contribution in [0.15, 0.2) is 65.1 Å². The van der Waals surface area contributed by atoms with Crippen LogP contribution in [0.25, 0.3) is 33.1 Å². The summed E-state index contributed by atoms with van der Waals surface area (Å²) < 4.78 is 5.87. The molecule has 0 aliphatic carbocycles. The second kappa shape index (κ2) is 4.38. The highest BCUT2D eigenvalue weighted by Crippen LogP contribution is 2.33. The molecule has 0 aliphatic heterocycles. The van der Waals surface area contributed by atoms with Crippen molar-refractivity contribution in [3.8, 4) is 11.1 Å². The van der Waals surface area contributed by atoms with E-state index in [4.69, 9.17) is 10.2 Å². The van der Waals surface area contributed by atoms with Crippen molar-refractivity contribution in [1.29, 1.82) is 0 Å². The molecule has 4 aromatic rings. The number of rotatable bonds is 1. The van der Waals surface area contributed by atoms with Crippen LogP contribution < -0.4 is 5.73 Å². The van der Waals surface area contributed by atoms with Crippen molar-refractivity contribution in [2.24, 2.45) is 0 Å². The quantitative estimate of drug-likeness (QED) is 0.487. The number of para-hydroxylation sites is 1. The van der Waals surface area contributed by atoms with Crippen LogP contribution in [0.2, 0.25) is 0 Å². The predicted octanol–water partition coefficient (Wildman–Crippen LogP) is 5.14. The van der Waals surface area contributed by atoms with E-state index >= 15 is 0 Å². The second-order valence-corrected chi connectivity index (χ2v) is 5.38. The molecule has 0 fully saturated rings. The summed E-state index contributed by atoms with van der Waals surface area (Å²) in [5.74, 6) is 0. The average Bonchev–Trinajstić information content (AvgIpc) is 2.87. The van der Waals surface area contributed by atoms with Crippen LogP contribution >= 0.6 is 0 Å². The molecule has 0 spiro atoms. The highest BCUT2D eigenvalue weighted by Gasteiger charge is 2.09. The van der Waals surface area contributed by atoms with Gasteiger partial charge in [0, 0.05) is 16.5 Å². The fraction of sp³-hybridized carbons (Fsp3) is 0.0526. The zero-order chi connectivity index (χ0) is 14.4. The lowest BCUT2D eigenvalue weighted by molar-refractivity contribution is 0.669. The third-order valence-corrected chi connectivity index (χ3v) is 3.95. The van der Waals surface area contributed by atoms with Crippen molar-refractivity contribution in [2.75, 3.05) is 5.73 Å². The van der Waals surface area contributed by atoms with E-state index < -0.39 is 0 Å². The van der Waals surface area contributed by atoms with Gasteiger partial charge < -0.3 is 10.2 Å². The Morgan fingerprint density at radius 2 is 1.62 bits per heavy atom. The molecule has 0 amide bonds. The maximum absolute atomic E-state index is 5.93. The van der Waals surface area contributed by atoms with Crippen LogP contribution in [-0.2, 0) is 0 Å². The molecule has 0 aliphatic rings. The highest BCUT2D eigenvalue weighted by atomic mass is 16.3. The van der Waals surface area contributed by atoms with E-state index in [-0.39, 0.29) is 0 Å². The topological polar surface area (TPSA) is 39.2 Å². The zero-order valence-corrected chi connectivity index (χ0v) is 11.8. The molecule has 4 rings (SSSR count). The lowest BCUT2D eigenvalue weighted by Gasteiger charge is -2.07. The maximum Gasteiger partial charge on any atom is 0.135 e. The number of hydrogen-bond donors (Lipinski definition) is 1. The van der Waals surface area contributed by atoms with E-state index in [9.17, 15) is 0 Å². The Balaban J connectivity index is 2.02. The van der Waals surface area contributed by atoms with Crippen molar-refractivity contribution in [3.63, 3.8) is 0 Å². The van der Waals surface area contributed by atoms with E-state index in [2.05, 4.69) is 31.2 Å². The maximum atomic E-state index is 5.93. The highest BCUT2D eigenvalue weighted by molar-refractivity contribution is 6.06. The number of nitrogens with two attached hydrogens (primary N) is 1. The first-order chi connectivity index (χ1) is 10.2. The Labute approximate surface area is 122 Å². The minimum Gasteiger partial charge on any atom is -0.456 e. The summed E-state index contributed by atoms with van der Waals surface area (Å²) in [6.07, 6.45) is 0. The summed E-state index contributed by atoms with van der Waals surface area (Å²) in [6.45, 7) is 2.10. The summed E-state index contributed by atoms with van der Waals surface area (Å²) in [5, 5.41) is 2.29.